The molecule has 0 amide bonds. The lowest BCUT2D eigenvalue weighted by Gasteiger charge is -2.42. The average molecular weight is 195 g/mol. The van der Waals surface area contributed by atoms with E-state index < -0.39 is 0 Å². The highest BCUT2D eigenvalue weighted by molar-refractivity contribution is 4.97. The Bertz CT molecular complexity index is 184. The highest BCUT2D eigenvalue weighted by Crippen LogP contribution is 2.43. The summed E-state index contributed by atoms with van der Waals surface area (Å²) in [5, 5.41) is 0. The first-order valence-corrected chi connectivity index (χ1v) is 6.53. The van der Waals surface area contributed by atoms with E-state index in [-0.39, 0.29) is 5.54 Å². The summed E-state index contributed by atoms with van der Waals surface area (Å²) in [6.45, 7) is 2.32. The molecule has 2 atom stereocenters. The van der Waals surface area contributed by atoms with Gasteiger partial charge in [-0.3, -0.25) is 0 Å². The lowest BCUT2D eigenvalue weighted by molar-refractivity contribution is 0.151. The van der Waals surface area contributed by atoms with Gasteiger partial charge in [0.2, 0.25) is 0 Å². The number of rotatable bonds is 2. The average Bonchev–Trinajstić information content (AvgIpc) is 2.71. The minimum Gasteiger partial charge on any atom is -0.325 e. The normalized spacial score (nSPS) is 40.3. The maximum absolute atomic E-state index is 6.63. The minimum absolute atomic E-state index is 0.232. The summed E-state index contributed by atoms with van der Waals surface area (Å²) in [4.78, 5) is 0. The van der Waals surface area contributed by atoms with Crippen LogP contribution in [-0.4, -0.2) is 5.54 Å². The Hall–Kier alpha value is -0.0400. The van der Waals surface area contributed by atoms with Crippen molar-refractivity contribution in [3.05, 3.63) is 0 Å². The van der Waals surface area contributed by atoms with E-state index in [0.29, 0.717) is 0 Å². The van der Waals surface area contributed by atoms with Gasteiger partial charge in [0, 0.05) is 5.54 Å². The Labute approximate surface area is 88.4 Å². The SMILES string of the molecule is CCC1CCCC(N)(C2CCCC2)C1. The predicted molar refractivity (Wildman–Crippen MR) is 61.1 cm³/mol. The summed E-state index contributed by atoms with van der Waals surface area (Å²) in [6.07, 6.45) is 12.4. The third kappa shape index (κ3) is 1.98. The molecule has 2 fully saturated rings. The molecule has 0 heterocycles. The fourth-order valence-corrected chi connectivity index (χ4v) is 3.68. The van der Waals surface area contributed by atoms with Crippen molar-refractivity contribution in [3.8, 4) is 0 Å². The molecule has 0 aromatic carbocycles. The molecule has 14 heavy (non-hydrogen) atoms. The van der Waals surface area contributed by atoms with Crippen LogP contribution in [0.15, 0.2) is 0 Å². The molecule has 2 N–H and O–H groups in total. The van der Waals surface area contributed by atoms with Crippen LogP contribution in [0, 0.1) is 11.8 Å². The third-order valence-electron chi connectivity index (χ3n) is 4.67. The predicted octanol–water partition coefficient (Wildman–Crippen LogP) is 3.47. The zero-order valence-corrected chi connectivity index (χ0v) is 9.60. The van der Waals surface area contributed by atoms with Crippen LogP contribution in [0.4, 0.5) is 0 Å². The molecule has 2 unspecified atom stereocenters. The summed E-state index contributed by atoms with van der Waals surface area (Å²) in [7, 11) is 0. The van der Waals surface area contributed by atoms with Crippen LogP contribution in [0.2, 0.25) is 0 Å². The fraction of sp³-hybridized carbons (Fsp3) is 1.00. The van der Waals surface area contributed by atoms with Crippen molar-refractivity contribution in [2.75, 3.05) is 0 Å². The van der Waals surface area contributed by atoms with Gasteiger partial charge in [0.05, 0.1) is 0 Å². The van der Waals surface area contributed by atoms with Gasteiger partial charge in [0.1, 0.15) is 0 Å². The van der Waals surface area contributed by atoms with Gasteiger partial charge in [0.15, 0.2) is 0 Å². The van der Waals surface area contributed by atoms with Crippen molar-refractivity contribution in [2.24, 2.45) is 17.6 Å². The van der Waals surface area contributed by atoms with E-state index >= 15 is 0 Å². The topological polar surface area (TPSA) is 26.0 Å². The summed E-state index contributed by atoms with van der Waals surface area (Å²) >= 11 is 0. The van der Waals surface area contributed by atoms with Crippen LogP contribution < -0.4 is 5.73 Å². The molecule has 0 aliphatic heterocycles. The molecule has 82 valence electrons. The van der Waals surface area contributed by atoms with Gasteiger partial charge in [0.25, 0.3) is 0 Å². The Morgan fingerprint density at radius 1 is 1.14 bits per heavy atom. The molecule has 0 radical (unpaired) electrons. The first-order chi connectivity index (χ1) is 6.74. The molecule has 0 spiro atoms. The van der Waals surface area contributed by atoms with E-state index in [1.807, 2.05) is 0 Å². The molecular formula is C13H25N. The van der Waals surface area contributed by atoms with Crippen LogP contribution in [0.5, 0.6) is 0 Å². The molecule has 0 aromatic rings. The smallest absolute Gasteiger partial charge is 0.0185 e. The number of hydrogen-bond acceptors (Lipinski definition) is 1. The maximum Gasteiger partial charge on any atom is 0.0185 e. The van der Waals surface area contributed by atoms with Crippen molar-refractivity contribution in [1.29, 1.82) is 0 Å². The summed E-state index contributed by atoms with van der Waals surface area (Å²) in [5.41, 5.74) is 6.86. The van der Waals surface area contributed by atoms with Crippen LogP contribution in [0.1, 0.15) is 64.7 Å². The zero-order valence-electron chi connectivity index (χ0n) is 9.60. The largest absolute Gasteiger partial charge is 0.325 e. The van der Waals surface area contributed by atoms with Crippen molar-refractivity contribution >= 4 is 0 Å². The molecule has 1 heteroatoms. The highest BCUT2D eigenvalue weighted by Gasteiger charge is 2.39. The van der Waals surface area contributed by atoms with Crippen LogP contribution in [0.3, 0.4) is 0 Å². The molecule has 2 aliphatic rings. The lowest BCUT2D eigenvalue weighted by atomic mass is 9.68. The van der Waals surface area contributed by atoms with E-state index in [0.717, 1.165) is 11.8 Å². The Balaban J connectivity index is 1.98. The van der Waals surface area contributed by atoms with E-state index in [4.69, 9.17) is 5.73 Å². The number of nitrogens with two attached hydrogens (primary N) is 1. The fourth-order valence-electron chi connectivity index (χ4n) is 3.68. The van der Waals surface area contributed by atoms with Crippen LogP contribution >= 0.6 is 0 Å². The maximum atomic E-state index is 6.63. The molecule has 0 aromatic heterocycles. The summed E-state index contributed by atoms with van der Waals surface area (Å²) < 4.78 is 0. The molecule has 2 rings (SSSR count). The highest BCUT2D eigenvalue weighted by atomic mass is 14.8. The second-order valence-electron chi connectivity index (χ2n) is 5.59. The third-order valence-corrected chi connectivity index (χ3v) is 4.67. The van der Waals surface area contributed by atoms with Crippen molar-refractivity contribution in [2.45, 2.75) is 70.3 Å². The lowest BCUT2D eigenvalue weighted by Crippen LogP contribution is -2.49. The van der Waals surface area contributed by atoms with Gasteiger partial charge in [-0.15, -0.1) is 0 Å². The molecule has 0 bridgehead atoms. The van der Waals surface area contributed by atoms with Gasteiger partial charge in [-0.05, 0) is 37.5 Å². The van der Waals surface area contributed by atoms with Gasteiger partial charge in [-0.1, -0.05) is 39.0 Å². The minimum atomic E-state index is 0.232. The van der Waals surface area contributed by atoms with Crippen LogP contribution in [0.25, 0.3) is 0 Å². The van der Waals surface area contributed by atoms with Crippen molar-refractivity contribution < 1.29 is 0 Å². The Morgan fingerprint density at radius 2 is 1.86 bits per heavy atom. The summed E-state index contributed by atoms with van der Waals surface area (Å²) in [6, 6.07) is 0. The first kappa shape index (κ1) is 10.5. The van der Waals surface area contributed by atoms with Crippen LogP contribution in [-0.2, 0) is 0 Å². The molecule has 1 nitrogen and oxygen atoms in total. The van der Waals surface area contributed by atoms with Gasteiger partial charge in [-0.25, -0.2) is 0 Å². The molecule has 0 saturated heterocycles. The molecule has 2 saturated carbocycles. The Morgan fingerprint density at radius 3 is 2.50 bits per heavy atom. The van der Waals surface area contributed by atoms with Crippen molar-refractivity contribution in [3.63, 3.8) is 0 Å². The number of hydrogen-bond donors (Lipinski definition) is 1. The van der Waals surface area contributed by atoms with E-state index in [1.165, 1.54) is 57.8 Å². The monoisotopic (exact) mass is 195 g/mol. The zero-order chi connectivity index (χ0) is 10.0. The van der Waals surface area contributed by atoms with E-state index in [1.54, 1.807) is 0 Å². The molecular weight excluding hydrogens is 170 g/mol. The standard InChI is InChI=1S/C13H25N/c1-2-11-6-5-9-13(14,10-11)12-7-3-4-8-12/h11-12H,2-10,14H2,1H3. The first-order valence-electron chi connectivity index (χ1n) is 6.53. The van der Waals surface area contributed by atoms with Gasteiger partial charge < -0.3 is 5.73 Å². The van der Waals surface area contributed by atoms with Gasteiger partial charge in [-0.2, -0.15) is 0 Å². The second-order valence-corrected chi connectivity index (χ2v) is 5.59. The quantitative estimate of drug-likeness (QED) is 0.717. The Kier molecular flexibility index (Phi) is 3.16. The molecule has 2 aliphatic carbocycles. The van der Waals surface area contributed by atoms with E-state index in [2.05, 4.69) is 6.92 Å². The second kappa shape index (κ2) is 4.22. The summed E-state index contributed by atoms with van der Waals surface area (Å²) in [5.74, 6) is 1.78. The van der Waals surface area contributed by atoms with Crippen molar-refractivity contribution in [1.82, 2.24) is 0 Å². The van der Waals surface area contributed by atoms with E-state index in [9.17, 15) is 0 Å². The van der Waals surface area contributed by atoms with Gasteiger partial charge >= 0.3 is 0 Å².